The van der Waals surface area contributed by atoms with Crippen molar-refractivity contribution in [1.29, 1.82) is 0 Å². The van der Waals surface area contributed by atoms with Crippen LogP contribution in [-0.4, -0.2) is 57.3 Å². The summed E-state index contributed by atoms with van der Waals surface area (Å²) in [6, 6.07) is -0.995. The minimum atomic E-state index is -1.28. The minimum Gasteiger partial charge on any atom is -0.394 e. The highest BCUT2D eigenvalue weighted by Gasteiger charge is 2.28. The minimum absolute atomic E-state index is 0.368. The highest BCUT2D eigenvalue weighted by molar-refractivity contribution is 5.80. The van der Waals surface area contributed by atoms with E-state index in [1.165, 1.54) is 148 Å². The molecule has 0 rings (SSSR count). The molecular formula is C41H81NO5. The van der Waals surface area contributed by atoms with Gasteiger partial charge < -0.3 is 25.7 Å². The second-order valence-corrected chi connectivity index (χ2v) is 14.3. The molecule has 1 amide bonds. The Labute approximate surface area is 292 Å². The fourth-order valence-electron chi connectivity index (χ4n) is 6.40. The van der Waals surface area contributed by atoms with Gasteiger partial charge in [-0.3, -0.25) is 4.79 Å². The number of allylic oxidation sites excluding steroid dienone is 2. The molecule has 6 heteroatoms. The van der Waals surface area contributed by atoms with E-state index >= 15 is 0 Å². The number of nitrogens with one attached hydrogen (secondary N) is 1. The quantitative estimate of drug-likeness (QED) is 0.0335. The standard InChI is InChI=1S/C41H81NO5/c1-3-5-7-9-11-13-15-17-18-19-20-21-22-23-25-27-29-31-33-35-39(45)41(47)42-37(36-43)40(46)38(44)34-32-30-28-26-24-16-14-12-10-8-6-4-2/h26,28,37-40,43-46H,3-25,27,29-36H2,1-2H3,(H,42,47)/b28-26+. The first-order valence-electron chi connectivity index (χ1n) is 20.6. The maximum absolute atomic E-state index is 12.5. The number of rotatable bonds is 37. The molecule has 47 heavy (non-hydrogen) atoms. The number of hydrogen-bond donors (Lipinski definition) is 5. The monoisotopic (exact) mass is 668 g/mol. The first-order chi connectivity index (χ1) is 23.0. The Bertz CT molecular complexity index is 672. The molecule has 0 aromatic carbocycles. The maximum atomic E-state index is 12.5. The molecule has 0 aromatic heterocycles. The fourth-order valence-corrected chi connectivity index (χ4v) is 6.40. The maximum Gasteiger partial charge on any atom is 0.249 e. The van der Waals surface area contributed by atoms with Crippen LogP contribution in [0.25, 0.3) is 0 Å². The normalized spacial score (nSPS) is 14.4. The van der Waals surface area contributed by atoms with Gasteiger partial charge in [0.1, 0.15) is 12.2 Å². The third-order valence-corrected chi connectivity index (χ3v) is 9.73. The van der Waals surface area contributed by atoms with Crippen LogP contribution < -0.4 is 5.32 Å². The highest BCUT2D eigenvalue weighted by Crippen LogP contribution is 2.16. The predicted molar refractivity (Wildman–Crippen MR) is 201 cm³/mol. The van der Waals surface area contributed by atoms with Gasteiger partial charge in [-0.1, -0.05) is 187 Å². The average Bonchev–Trinajstić information content (AvgIpc) is 3.07. The molecule has 0 saturated carbocycles. The lowest BCUT2D eigenvalue weighted by molar-refractivity contribution is -0.132. The van der Waals surface area contributed by atoms with E-state index in [9.17, 15) is 25.2 Å². The molecule has 0 aromatic rings. The van der Waals surface area contributed by atoms with Crippen LogP contribution in [0.4, 0.5) is 0 Å². The summed E-state index contributed by atoms with van der Waals surface area (Å²) in [5, 5.41) is 43.5. The summed E-state index contributed by atoms with van der Waals surface area (Å²) < 4.78 is 0. The number of carbonyl (C=O) groups excluding carboxylic acids is 1. The zero-order valence-electron chi connectivity index (χ0n) is 31.3. The Kier molecular flexibility index (Phi) is 35.6. The number of carbonyl (C=O) groups is 1. The van der Waals surface area contributed by atoms with Gasteiger partial charge in [0.2, 0.25) is 5.91 Å². The molecule has 0 aliphatic rings. The van der Waals surface area contributed by atoms with Crippen molar-refractivity contribution < 1.29 is 25.2 Å². The molecule has 0 aliphatic carbocycles. The van der Waals surface area contributed by atoms with Gasteiger partial charge in [0.05, 0.1) is 18.8 Å². The second-order valence-electron chi connectivity index (χ2n) is 14.3. The van der Waals surface area contributed by atoms with Gasteiger partial charge in [-0.05, 0) is 38.5 Å². The van der Waals surface area contributed by atoms with Gasteiger partial charge in [0.15, 0.2) is 0 Å². The summed E-state index contributed by atoms with van der Waals surface area (Å²) in [7, 11) is 0. The molecule has 4 unspecified atom stereocenters. The Balaban J connectivity index is 3.75. The molecule has 280 valence electrons. The molecule has 0 radical (unpaired) electrons. The molecule has 6 nitrogen and oxygen atoms in total. The van der Waals surface area contributed by atoms with Crippen LogP contribution in [0.3, 0.4) is 0 Å². The third kappa shape index (κ3) is 30.8. The van der Waals surface area contributed by atoms with E-state index in [0.717, 1.165) is 38.5 Å². The van der Waals surface area contributed by atoms with Gasteiger partial charge in [0.25, 0.3) is 0 Å². The SMILES string of the molecule is CCCCCCCCC/C=C/CCCC(O)C(O)C(CO)NC(=O)C(O)CCCCCCCCCCCCCCCCCCCCC. The van der Waals surface area contributed by atoms with E-state index in [4.69, 9.17) is 0 Å². The molecule has 0 spiro atoms. The van der Waals surface area contributed by atoms with E-state index in [1.807, 2.05) is 0 Å². The van der Waals surface area contributed by atoms with Crippen molar-refractivity contribution in [3.63, 3.8) is 0 Å². The van der Waals surface area contributed by atoms with E-state index in [0.29, 0.717) is 12.8 Å². The van der Waals surface area contributed by atoms with E-state index < -0.39 is 36.9 Å². The van der Waals surface area contributed by atoms with E-state index in [-0.39, 0.29) is 0 Å². The Hall–Kier alpha value is -0.950. The van der Waals surface area contributed by atoms with Gasteiger partial charge in [-0.25, -0.2) is 0 Å². The van der Waals surface area contributed by atoms with Gasteiger partial charge >= 0.3 is 0 Å². The molecule has 0 aliphatic heterocycles. The zero-order valence-corrected chi connectivity index (χ0v) is 31.3. The summed E-state index contributed by atoms with van der Waals surface area (Å²) in [5.41, 5.74) is 0. The number of unbranched alkanes of at least 4 members (excludes halogenated alkanes) is 26. The van der Waals surface area contributed by atoms with Crippen LogP contribution in [0.2, 0.25) is 0 Å². The fraction of sp³-hybridized carbons (Fsp3) is 0.927. The van der Waals surface area contributed by atoms with Crippen molar-refractivity contribution in [1.82, 2.24) is 5.32 Å². The first kappa shape index (κ1) is 46.0. The van der Waals surface area contributed by atoms with Gasteiger partial charge in [-0.15, -0.1) is 0 Å². The highest BCUT2D eigenvalue weighted by atomic mass is 16.3. The second kappa shape index (κ2) is 36.3. The molecule has 0 fully saturated rings. The van der Waals surface area contributed by atoms with Crippen molar-refractivity contribution in [3.8, 4) is 0 Å². The largest absolute Gasteiger partial charge is 0.394 e. The Morgan fingerprint density at radius 2 is 0.872 bits per heavy atom. The van der Waals surface area contributed by atoms with Crippen molar-refractivity contribution in [2.45, 2.75) is 237 Å². The van der Waals surface area contributed by atoms with E-state index in [2.05, 4.69) is 31.3 Å². The lowest BCUT2D eigenvalue weighted by Crippen LogP contribution is -2.53. The van der Waals surface area contributed by atoms with Crippen LogP contribution >= 0.6 is 0 Å². The Morgan fingerprint density at radius 3 is 1.28 bits per heavy atom. The first-order valence-corrected chi connectivity index (χ1v) is 20.6. The molecule has 4 atom stereocenters. The van der Waals surface area contributed by atoms with Crippen LogP contribution in [0.15, 0.2) is 12.2 Å². The van der Waals surface area contributed by atoms with Crippen molar-refractivity contribution in [2.24, 2.45) is 0 Å². The van der Waals surface area contributed by atoms with Gasteiger partial charge in [0, 0.05) is 0 Å². The third-order valence-electron chi connectivity index (χ3n) is 9.73. The van der Waals surface area contributed by atoms with Crippen LogP contribution in [0.5, 0.6) is 0 Å². The number of aliphatic hydroxyl groups excluding tert-OH is 4. The lowest BCUT2D eigenvalue weighted by atomic mass is 10.00. The number of amides is 1. The number of aliphatic hydroxyl groups is 4. The van der Waals surface area contributed by atoms with Crippen molar-refractivity contribution in [2.75, 3.05) is 6.61 Å². The number of hydrogen-bond acceptors (Lipinski definition) is 5. The van der Waals surface area contributed by atoms with Crippen molar-refractivity contribution in [3.05, 3.63) is 12.2 Å². The summed E-state index contributed by atoms with van der Waals surface area (Å²) in [4.78, 5) is 12.5. The topological polar surface area (TPSA) is 110 Å². The van der Waals surface area contributed by atoms with Gasteiger partial charge in [-0.2, -0.15) is 0 Å². The summed E-state index contributed by atoms with van der Waals surface area (Å²) in [6.45, 7) is 4.02. The summed E-state index contributed by atoms with van der Waals surface area (Å²) in [5.74, 6) is -0.592. The molecule has 5 N–H and O–H groups in total. The van der Waals surface area contributed by atoms with Crippen LogP contribution in [-0.2, 0) is 4.79 Å². The smallest absolute Gasteiger partial charge is 0.249 e. The van der Waals surface area contributed by atoms with Crippen LogP contribution in [0.1, 0.15) is 213 Å². The summed E-state index contributed by atoms with van der Waals surface area (Å²) >= 11 is 0. The molecule has 0 saturated heterocycles. The molecule has 0 bridgehead atoms. The zero-order chi connectivity index (χ0) is 34.6. The summed E-state index contributed by atoms with van der Waals surface area (Å²) in [6.07, 6.45) is 38.1. The molecule has 0 heterocycles. The van der Waals surface area contributed by atoms with Crippen molar-refractivity contribution >= 4 is 5.91 Å². The lowest BCUT2D eigenvalue weighted by Gasteiger charge is -2.27. The van der Waals surface area contributed by atoms with E-state index in [1.54, 1.807) is 0 Å². The predicted octanol–water partition coefficient (Wildman–Crippen LogP) is 10.2. The Morgan fingerprint density at radius 1 is 0.511 bits per heavy atom. The van der Waals surface area contributed by atoms with Crippen LogP contribution in [0, 0.1) is 0 Å². The average molecular weight is 668 g/mol. The molecular weight excluding hydrogens is 586 g/mol.